The van der Waals surface area contributed by atoms with E-state index in [2.05, 4.69) is 24.0 Å². The van der Waals surface area contributed by atoms with Gasteiger partial charge in [0, 0.05) is 12.2 Å². The third kappa shape index (κ3) is 3.47. The first kappa shape index (κ1) is 15.2. The molecule has 1 saturated heterocycles. The molecule has 0 radical (unpaired) electrons. The Morgan fingerprint density at radius 1 is 1.20 bits per heavy atom. The molecule has 1 N–H and O–H groups in total. The van der Waals surface area contributed by atoms with Crippen LogP contribution in [0.1, 0.15) is 39.9 Å². The molecule has 1 aromatic rings. The number of hydrogen-bond donors (Lipinski definition) is 1. The van der Waals surface area contributed by atoms with Crippen LogP contribution in [-0.2, 0) is 0 Å². The van der Waals surface area contributed by atoms with Crippen LogP contribution in [0.25, 0.3) is 0 Å². The van der Waals surface area contributed by atoms with E-state index in [1.807, 2.05) is 13.8 Å². The highest BCUT2D eigenvalue weighted by Crippen LogP contribution is 2.20. The Morgan fingerprint density at radius 2 is 1.75 bits per heavy atom. The Balaban J connectivity index is 2.03. The summed E-state index contributed by atoms with van der Waals surface area (Å²) in [5.41, 5.74) is 4.26. The zero-order valence-electron chi connectivity index (χ0n) is 12.8. The minimum Gasteiger partial charge on any atom is -0.396 e. The van der Waals surface area contributed by atoms with Crippen LogP contribution in [0.2, 0.25) is 0 Å². The number of nitrogens with zero attached hydrogens (tertiary/aromatic N) is 1. The Kier molecular flexibility index (Phi) is 4.95. The molecule has 2 rings (SSSR count). The topological polar surface area (TPSA) is 40.5 Å². The van der Waals surface area contributed by atoms with Crippen molar-refractivity contribution in [2.24, 2.45) is 5.92 Å². The van der Waals surface area contributed by atoms with Crippen molar-refractivity contribution >= 4 is 5.78 Å². The maximum absolute atomic E-state index is 12.5. The lowest BCUT2D eigenvalue weighted by atomic mass is 9.94. The summed E-state index contributed by atoms with van der Waals surface area (Å²) in [6, 6.07) is 4.16. The highest BCUT2D eigenvalue weighted by atomic mass is 16.3. The maximum Gasteiger partial charge on any atom is 0.177 e. The molecule has 0 bridgehead atoms. The minimum absolute atomic E-state index is 0.224. The minimum atomic E-state index is 0.224. The van der Waals surface area contributed by atoms with Gasteiger partial charge in [0.1, 0.15) is 0 Å². The monoisotopic (exact) mass is 275 g/mol. The van der Waals surface area contributed by atoms with Crippen molar-refractivity contribution in [2.45, 2.75) is 33.6 Å². The lowest BCUT2D eigenvalue weighted by molar-refractivity contribution is 0.0863. The predicted octanol–water partition coefficient (Wildman–Crippen LogP) is 2.50. The number of benzene rings is 1. The summed E-state index contributed by atoms with van der Waals surface area (Å²) in [6.07, 6.45) is 1.99. The zero-order chi connectivity index (χ0) is 14.7. The molecule has 0 unspecified atom stereocenters. The van der Waals surface area contributed by atoms with E-state index < -0.39 is 0 Å². The van der Waals surface area contributed by atoms with Gasteiger partial charge in [-0.25, -0.2) is 0 Å². The molecule has 0 spiro atoms. The van der Waals surface area contributed by atoms with Crippen molar-refractivity contribution in [3.63, 3.8) is 0 Å². The molecule has 1 heterocycles. The Labute approximate surface area is 121 Å². The highest BCUT2D eigenvalue weighted by Gasteiger charge is 2.22. The van der Waals surface area contributed by atoms with Crippen molar-refractivity contribution in [1.82, 2.24) is 4.90 Å². The molecule has 0 atom stereocenters. The van der Waals surface area contributed by atoms with Gasteiger partial charge in [-0.15, -0.1) is 0 Å². The quantitative estimate of drug-likeness (QED) is 0.858. The molecule has 110 valence electrons. The number of aliphatic hydroxyl groups excluding tert-OH is 1. The van der Waals surface area contributed by atoms with E-state index in [-0.39, 0.29) is 12.4 Å². The first-order valence-electron chi connectivity index (χ1n) is 7.45. The van der Waals surface area contributed by atoms with Gasteiger partial charge in [-0.1, -0.05) is 17.7 Å². The number of aryl methyl sites for hydroxylation is 3. The molecule has 3 heteroatoms. The summed E-state index contributed by atoms with van der Waals surface area (Å²) in [6.45, 7) is 8.72. The average molecular weight is 275 g/mol. The SMILES string of the molecule is Cc1cc(C)c(C(=O)CN2CCC(CO)CC2)c(C)c1. The normalized spacial score (nSPS) is 17.4. The number of Topliss-reactive ketones (excluding diaryl/α,β-unsaturated/α-hetero) is 1. The Morgan fingerprint density at radius 3 is 2.25 bits per heavy atom. The van der Waals surface area contributed by atoms with Gasteiger partial charge in [-0.3, -0.25) is 9.69 Å². The van der Waals surface area contributed by atoms with Crippen molar-refractivity contribution < 1.29 is 9.90 Å². The van der Waals surface area contributed by atoms with Gasteiger partial charge in [0.25, 0.3) is 0 Å². The standard InChI is InChI=1S/C17H25NO2/c1-12-8-13(2)17(14(3)9-12)16(20)10-18-6-4-15(11-19)5-7-18/h8-9,15,19H,4-7,10-11H2,1-3H3. The fraction of sp³-hybridized carbons (Fsp3) is 0.588. The van der Waals surface area contributed by atoms with Crippen LogP contribution in [0.3, 0.4) is 0 Å². The summed E-state index contributed by atoms with van der Waals surface area (Å²) >= 11 is 0. The van der Waals surface area contributed by atoms with Gasteiger partial charge in [-0.2, -0.15) is 0 Å². The summed E-state index contributed by atoms with van der Waals surface area (Å²) in [7, 11) is 0. The average Bonchev–Trinajstić information content (AvgIpc) is 2.38. The number of aliphatic hydroxyl groups is 1. The van der Waals surface area contributed by atoms with Crippen LogP contribution in [-0.4, -0.2) is 42.0 Å². The van der Waals surface area contributed by atoms with E-state index in [0.29, 0.717) is 12.5 Å². The molecule has 1 aliphatic heterocycles. The lowest BCUT2D eigenvalue weighted by Crippen LogP contribution is -2.38. The van der Waals surface area contributed by atoms with E-state index >= 15 is 0 Å². The number of rotatable bonds is 4. The van der Waals surface area contributed by atoms with E-state index in [1.54, 1.807) is 0 Å². The molecule has 3 nitrogen and oxygen atoms in total. The summed E-state index contributed by atoms with van der Waals surface area (Å²) < 4.78 is 0. The van der Waals surface area contributed by atoms with Crippen molar-refractivity contribution in [3.8, 4) is 0 Å². The van der Waals surface area contributed by atoms with Crippen LogP contribution in [0.15, 0.2) is 12.1 Å². The van der Waals surface area contributed by atoms with E-state index in [4.69, 9.17) is 5.11 Å². The third-order valence-electron chi connectivity index (χ3n) is 4.29. The van der Waals surface area contributed by atoms with Crippen LogP contribution in [0.5, 0.6) is 0 Å². The summed E-state index contributed by atoms with van der Waals surface area (Å²) in [4.78, 5) is 14.7. The van der Waals surface area contributed by atoms with Gasteiger partial charge in [-0.05, 0) is 63.7 Å². The molecule has 20 heavy (non-hydrogen) atoms. The second kappa shape index (κ2) is 6.51. The van der Waals surface area contributed by atoms with Gasteiger partial charge in [0.05, 0.1) is 6.54 Å². The van der Waals surface area contributed by atoms with Crippen molar-refractivity contribution in [3.05, 3.63) is 34.4 Å². The Hall–Kier alpha value is -1.19. The molecule has 1 fully saturated rings. The second-order valence-corrected chi connectivity index (χ2v) is 6.10. The predicted molar refractivity (Wildman–Crippen MR) is 81.2 cm³/mol. The molecule has 0 aliphatic carbocycles. The van der Waals surface area contributed by atoms with E-state index in [0.717, 1.165) is 42.6 Å². The Bertz CT molecular complexity index is 465. The molecule has 0 amide bonds. The number of carbonyl (C=O) groups is 1. The number of likely N-dealkylation sites (tertiary alicyclic amines) is 1. The largest absolute Gasteiger partial charge is 0.396 e. The van der Waals surface area contributed by atoms with Crippen molar-refractivity contribution in [2.75, 3.05) is 26.2 Å². The molecule has 0 saturated carbocycles. The smallest absolute Gasteiger partial charge is 0.177 e. The first-order chi connectivity index (χ1) is 9.51. The van der Waals surface area contributed by atoms with Crippen LogP contribution >= 0.6 is 0 Å². The van der Waals surface area contributed by atoms with Gasteiger partial charge >= 0.3 is 0 Å². The number of piperidine rings is 1. The van der Waals surface area contributed by atoms with Crippen LogP contribution < -0.4 is 0 Å². The van der Waals surface area contributed by atoms with Crippen LogP contribution in [0.4, 0.5) is 0 Å². The van der Waals surface area contributed by atoms with Crippen molar-refractivity contribution in [1.29, 1.82) is 0 Å². The number of ketones is 1. The summed E-state index contributed by atoms with van der Waals surface area (Å²) in [5.74, 6) is 0.645. The number of carbonyl (C=O) groups excluding carboxylic acids is 1. The number of hydrogen-bond acceptors (Lipinski definition) is 3. The fourth-order valence-electron chi connectivity index (χ4n) is 3.23. The first-order valence-corrected chi connectivity index (χ1v) is 7.45. The molecule has 1 aromatic carbocycles. The maximum atomic E-state index is 12.5. The van der Waals surface area contributed by atoms with E-state index in [1.165, 1.54) is 5.56 Å². The second-order valence-electron chi connectivity index (χ2n) is 6.10. The molecule has 1 aliphatic rings. The zero-order valence-corrected chi connectivity index (χ0v) is 12.8. The van der Waals surface area contributed by atoms with Gasteiger partial charge in [0.2, 0.25) is 0 Å². The molecule has 0 aromatic heterocycles. The fourth-order valence-corrected chi connectivity index (χ4v) is 3.23. The van der Waals surface area contributed by atoms with Gasteiger partial charge in [0.15, 0.2) is 5.78 Å². The van der Waals surface area contributed by atoms with E-state index in [9.17, 15) is 4.79 Å². The van der Waals surface area contributed by atoms with Crippen LogP contribution in [0, 0.1) is 26.7 Å². The van der Waals surface area contributed by atoms with Gasteiger partial charge < -0.3 is 5.11 Å². The summed E-state index contributed by atoms with van der Waals surface area (Å²) in [5, 5.41) is 9.15. The molecular weight excluding hydrogens is 250 g/mol. The molecular formula is C17H25NO2. The lowest BCUT2D eigenvalue weighted by Gasteiger charge is -2.30. The third-order valence-corrected chi connectivity index (χ3v) is 4.29. The highest BCUT2D eigenvalue weighted by molar-refractivity contribution is 6.00.